The van der Waals surface area contributed by atoms with Crippen LogP contribution in [0.3, 0.4) is 0 Å². The highest BCUT2D eigenvalue weighted by Gasteiger charge is 2.22. The van der Waals surface area contributed by atoms with E-state index < -0.39 is 0 Å². The molecule has 5 nitrogen and oxygen atoms in total. The van der Waals surface area contributed by atoms with Crippen LogP contribution in [0, 0.1) is 5.92 Å². The maximum atomic E-state index is 12.7. The molecule has 0 saturated carbocycles. The molecule has 144 valence electrons. The molecule has 0 bridgehead atoms. The van der Waals surface area contributed by atoms with Crippen LogP contribution in [0.2, 0.25) is 5.02 Å². The molecule has 0 fully saturated rings. The highest BCUT2D eigenvalue weighted by molar-refractivity contribution is 6.30. The van der Waals surface area contributed by atoms with Crippen molar-refractivity contribution in [2.45, 2.75) is 26.4 Å². The SMILES string of the molecule is CC(C)[C@H](NC(=O)N(C)Cc1ccc(Cl)cc1)c1ccc2c(c1)OCCO2. The highest BCUT2D eigenvalue weighted by atomic mass is 35.5. The summed E-state index contributed by atoms with van der Waals surface area (Å²) in [5, 5.41) is 3.82. The predicted molar refractivity (Wildman–Crippen MR) is 106 cm³/mol. The lowest BCUT2D eigenvalue weighted by atomic mass is 9.95. The topological polar surface area (TPSA) is 50.8 Å². The summed E-state index contributed by atoms with van der Waals surface area (Å²) in [5.41, 5.74) is 2.03. The number of amides is 2. The fourth-order valence-electron chi connectivity index (χ4n) is 3.07. The quantitative estimate of drug-likeness (QED) is 0.811. The number of urea groups is 1. The van der Waals surface area contributed by atoms with E-state index in [4.69, 9.17) is 21.1 Å². The van der Waals surface area contributed by atoms with Crippen LogP contribution in [-0.4, -0.2) is 31.2 Å². The van der Waals surface area contributed by atoms with Crippen LogP contribution < -0.4 is 14.8 Å². The average Bonchev–Trinajstić information content (AvgIpc) is 2.67. The van der Waals surface area contributed by atoms with E-state index in [2.05, 4.69) is 19.2 Å². The van der Waals surface area contributed by atoms with E-state index in [1.807, 2.05) is 42.5 Å². The van der Waals surface area contributed by atoms with Gasteiger partial charge in [0, 0.05) is 18.6 Å². The number of rotatable bonds is 5. The van der Waals surface area contributed by atoms with Gasteiger partial charge in [0.2, 0.25) is 0 Å². The van der Waals surface area contributed by atoms with Crippen molar-refractivity contribution in [2.24, 2.45) is 5.92 Å². The van der Waals surface area contributed by atoms with Gasteiger partial charge in [-0.15, -0.1) is 0 Å². The molecule has 2 amide bonds. The van der Waals surface area contributed by atoms with E-state index in [1.54, 1.807) is 11.9 Å². The number of nitrogens with one attached hydrogen (secondary N) is 1. The number of ether oxygens (including phenoxy) is 2. The first-order valence-corrected chi connectivity index (χ1v) is 9.47. The Hall–Kier alpha value is -2.40. The lowest BCUT2D eigenvalue weighted by Crippen LogP contribution is -2.40. The fourth-order valence-corrected chi connectivity index (χ4v) is 3.19. The van der Waals surface area contributed by atoms with Crippen LogP contribution in [0.25, 0.3) is 0 Å². The number of carbonyl (C=O) groups is 1. The Balaban J connectivity index is 1.70. The van der Waals surface area contributed by atoms with Crippen molar-refractivity contribution in [3.63, 3.8) is 0 Å². The summed E-state index contributed by atoms with van der Waals surface area (Å²) in [4.78, 5) is 14.4. The summed E-state index contributed by atoms with van der Waals surface area (Å²) in [6.45, 7) is 5.78. The van der Waals surface area contributed by atoms with Gasteiger partial charge in [-0.1, -0.05) is 43.6 Å². The highest BCUT2D eigenvalue weighted by Crippen LogP contribution is 2.34. The lowest BCUT2D eigenvalue weighted by molar-refractivity contribution is 0.171. The second kappa shape index (κ2) is 8.53. The van der Waals surface area contributed by atoms with E-state index in [0.29, 0.717) is 24.8 Å². The first-order valence-electron chi connectivity index (χ1n) is 9.09. The van der Waals surface area contributed by atoms with Crippen molar-refractivity contribution in [2.75, 3.05) is 20.3 Å². The number of carbonyl (C=O) groups excluding carboxylic acids is 1. The monoisotopic (exact) mass is 388 g/mol. The Bertz CT molecular complexity index is 793. The summed E-state index contributed by atoms with van der Waals surface area (Å²) in [7, 11) is 1.78. The summed E-state index contributed by atoms with van der Waals surface area (Å²) < 4.78 is 11.3. The Morgan fingerprint density at radius 2 is 1.78 bits per heavy atom. The molecule has 0 radical (unpaired) electrons. The molecule has 1 heterocycles. The minimum Gasteiger partial charge on any atom is -0.486 e. The molecule has 0 unspecified atom stereocenters. The minimum atomic E-state index is -0.126. The standard InChI is InChI=1S/C21H25ClN2O3/c1-14(2)20(16-6-9-18-19(12-16)27-11-10-26-18)23-21(25)24(3)13-15-4-7-17(22)8-5-15/h4-9,12,14,20H,10-11,13H2,1-3H3,(H,23,25)/t20-/m0/s1. The molecule has 2 aromatic rings. The summed E-state index contributed by atoms with van der Waals surface area (Å²) in [6, 6.07) is 13.1. The maximum absolute atomic E-state index is 12.7. The zero-order valence-electron chi connectivity index (χ0n) is 15.9. The lowest BCUT2D eigenvalue weighted by Gasteiger charge is -2.28. The summed E-state index contributed by atoms with van der Waals surface area (Å²) in [6.07, 6.45) is 0. The number of halogens is 1. The van der Waals surface area contributed by atoms with Crippen molar-refractivity contribution in [3.8, 4) is 11.5 Å². The van der Waals surface area contributed by atoms with E-state index in [0.717, 1.165) is 22.6 Å². The van der Waals surface area contributed by atoms with Crippen molar-refractivity contribution in [3.05, 3.63) is 58.6 Å². The molecule has 1 aliphatic rings. The number of benzene rings is 2. The van der Waals surface area contributed by atoms with Gasteiger partial charge in [0.05, 0.1) is 6.04 Å². The van der Waals surface area contributed by atoms with Crippen molar-refractivity contribution in [1.29, 1.82) is 0 Å². The zero-order valence-corrected chi connectivity index (χ0v) is 16.6. The van der Waals surface area contributed by atoms with Crippen LogP contribution >= 0.6 is 11.6 Å². The number of fused-ring (bicyclic) bond motifs is 1. The van der Waals surface area contributed by atoms with Gasteiger partial charge in [-0.2, -0.15) is 0 Å². The third-order valence-electron chi connectivity index (χ3n) is 4.55. The molecular weight excluding hydrogens is 364 g/mol. The molecule has 6 heteroatoms. The number of nitrogens with zero attached hydrogens (tertiary/aromatic N) is 1. The minimum absolute atomic E-state index is 0.124. The second-order valence-corrected chi connectivity index (χ2v) is 7.49. The number of hydrogen-bond donors (Lipinski definition) is 1. The van der Waals surface area contributed by atoms with Gasteiger partial charge in [-0.3, -0.25) is 0 Å². The molecule has 2 aromatic carbocycles. The van der Waals surface area contributed by atoms with Crippen LogP contribution in [0.15, 0.2) is 42.5 Å². The van der Waals surface area contributed by atoms with Crippen LogP contribution in [0.1, 0.15) is 31.0 Å². The zero-order chi connectivity index (χ0) is 19.4. The molecule has 27 heavy (non-hydrogen) atoms. The molecule has 0 aromatic heterocycles. The van der Waals surface area contributed by atoms with Crippen LogP contribution in [0.5, 0.6) is 11.5 Å². The molecular formula is C21H25ClN2O3. The number of hydrogen-bond acceptors (Lipinski definition) is 3. The second-order valence-electron chi connectivity index (χ2n) is 7.06. The normalized spacial score (nSPS) is 14.0. The van der Waals surface area contributed by atoms with Gasteiger partial charge in [0.1, 0.15) is 13.2 Å². The third kappa shape index (κ3) is 4.86. The van der Waals surface area contributed by atoms with Gasteiger partial charge < -0.3 is 19.7 Å². The van der Waals surface area contributed by atoms with Crippen molar-refractivity contribution in [1.82, 2.24) is 10.2 Å². The molecule has 0 saturated heterocycles. The van der Waals surface area contributed by atoms with Crippen molar-refractivity contribution < 1.29 is 14.3 Å². The summed E-state index contributed by atoms with van der Waals surface area (Å²) >= 11 is 5.92. The van der Waals surface area contributed by atoms with Gasteiger partial charge >= 0.3 is 6.03 Å². The van der Waals surface area contributed by atoms with Crippen molar-refractivity contribution >= 4 is 17.6 Å². The molecule has 1 N–H and O–H groups in total. The van der Waals surface area contributed by atoms with Gasteiger partial charge in [0.15, 0.2) is 11.5 Å². The van der Waals surface area contributed by atoms with E-state index in [-0.39, 0.29) is 18.0 Å². The Kier molecular flexibility index (Phi) is 6.11. The predicted octanol–water partition coefficient (Wildman–Crippen LogP) is 4.65. The molecule has 0 aliphatic carbocycles. The average molecular weight is 389 g/mol. The Morgan fingerprint density at radius 1 is 1.11 bits per heavy atom. The van der Waals surface area contributed by atoms with Gasteiger partial charge in [-0.25, -0.2) is 4.79 Å². The van der Waals surface area contributed by atoms with Gasteiger partial charge in [-0.05, 0) is 41.3 Å². The Labute approximate surface area is 165 Å². The molecule has 3 rings (SSSR count). The van der Waals surface area contributed by atoms with E-state index in [1.165, 1.54) is 0 Å². The fraction of sp³-hybridized carbons (Fsp3) is 0.381. The third-order valence-corrected chi connectivity index (χ3v) is 4.80. The van der Waals surface area contributed by atoms with Gasteiger partial charge in [0.25, 0.3) is 0 Å². The van der Waals surface area contributed by atoms with Crippen LogP contribution in [-0.2, 0) is 6.54 Å². The molecule has 0 spiro atoms. The van der Waals surface area contributed by atoms with E-state index >= 15 is 0 Å². The molecule has 1 aliphatic heterocycles. The summed E-state index contributed by atoms with van der Waals surface area (Å²) in [5.74, 6) is 1.70. The Morgan fingerprint density at radius 3 is 2.44 bits per heavy atom. The smallest absolute Gasteiger partial charge is 0.317 e. The molecule has 1 atom stereocenters. The first-order chi connectivity index (χ1) is 12.9. The van der Waals surface area contributed by atoms with E-state index in [9.17, 15) is 4.79 Å². The van der Waals surface area contributed by atoms with Crippen LogP contribution in [0.4, 0.5) is 4.79 Å². The first kappa shape index (κ1) is 19.4. The largest absolute Gasteiger partial charge is 0.486 e. The maximum Gasteiger partial charge on any atom is 0.317 e.